The molecule has 1 aromatic heterocycles. The number of carbonyl (C=O) groups is 4. The molecule has 12 nitrogen and oxygen atoms in total. The van der Waals surface area contributed by atoms with Gasteiger partial charge < -0.3 is 36.9 Å². The second kappa shape index (κ2) is 11.8. The molecular weight excluding hydrogens is 384 g/mol. The minimum Gasteiger partial charge on any atom is -0.480 e. The molecule has 8 N–H and O–H groups in total. The number of aromatic amines is 1. The van der Waals surface area contributed by atoms with Crippen molar-refractivity contribution in [1.29, 1.82) is 0 Å². The van der Waals surface area contributed by atoms with Gasteiger partial charge in [-0.05, 0) is 12.3 Å². The van der Waals surface area contributed by atoms with Crippen molar-refractivity contribution < 1.29 is 29.4 Å². The molecular formula is C17H28N6O6. The number of aliphatic carboxylic acids is 1. The Labute approximate surface area is 167 Å². The Kier molecular flexibility index (Phi) is 9.75. The normalized spacial score (nSPS) is 14.0. The molecule has 0 aliphatic carbocycles. The second-order valence-electron chi connectivity index (χ2n) is 6.88. The maximum Gasteiger partial charge on any atom is 0.326 e. The lowest BCUT2D eigenvalue weighted by Gasteiger charge is -2.24. The average Bonchev–Trinajstić information content (AvgIpc) is 3.17. The first-order valence-electron chi connectivity index (χ1n) is 9.09. The molecule has 1 aromatic rings. The molecule has 0 aliphatic rings. The number of aliphatic hydroxyl groups is 1. The summed E-state index contributed by atoms with van der Waals surface area (Å²) in [6.45, 7) is 2.55. The third-order valence-electron chi connectivity index (χ3n) is 3.95. The first kappa shape index (κ1) is 24.0. The number of nitrogens with two attached hydrogens (primary N) is 1. The highest BCUT2D eigenvalue weighted by Gasteiger charge is 2.30. The molecule has 1 heterocycles. The Balaban J connectivity index is 2.94. The van der Waals surface area contributed by atoms with Gasteiger partial charge in [0.05, 0.1) is 19.5 Å². The van der Waals surface area contributed by atoms with E-state index >= 15 is 0 Å². The standard InChI is InChI=1S/C17H28N6O6/c1-9(2)3-12(17(28)29)23-15(26)11(4-10-6-19-8-20-10)22-16(27)13(7-24)21-14(25)5-18/h6,8-9,11-13,24H,3-5,7,18H2,1-2H3,(H,19,20)(H,21,25)(H,22,27)(H,23,26)(H,28,29). The Morgan fingerprint density at radius 3 is 2.21 bits per heavy atom. The first-order valence-corrected chi connectivity index (χ1v) is 9.09. The maximum atomic E-state index is 12.7. The fourth-order valence-electron chi connectivity index (χ4n) is 2.51. The lowest BCUT2D eigenvalue weighted by molar-refractivity contribution is -0.142. The van der Waals surface area contributed by atoms with Crippen LogP contribution >= 0.6 is 0 Å². The van der Waals surface area contributed by atoms with Crippen molar-refractivity contribution in [3.8, 4) is 0 Å². The van der Waals surface area contributed by atoms with Crippen LogP contribution in [0.2, 0.25) is 0 Å². The lowest BCUT2D eigenvalue weighted by atomic mass is 10.0. The zero-order valence-corrected chi connectivity index (χ0v) is 16.3. The number of carboxylic acids is 1. The van der Waals surface area contributed by atoms with Crippen molar-refractivity contribution in [2.75, 3.05) is 13.2 Å². The van der Waals surface area contributed by atoms with Gasteiger partial charge in [-0.25, -0.2) is 9.78 Å². The van der Waals surface area contributed by atoms with Crippen LogP contribution in [-0.2, 0) is 25.6 Å². The van der Waals surface area contributed by atoms with Gasteiger partial charge >= 0.3 is 5.97 Å². The van der Waals surface area contributed by atoms with E-state index in [-0.39, 0.29) is 25.3 Å². The van der Waals surface area contributed by atoms with Gasteiger partial charge in [0.15, 0.2) is 0 Å². The second-order valence-corrected chi connectivity index (χ2v) is 6.88. The summed E-state index contributed by atoms with van der Waals surface area (Å²) in [6, 6.07) is -3.61. The summed E-state index contributed by atoms with van der Waals surface area (Å²) in [5.41, 5.74) is 5.70. The van der Waals surface area contributed by atoms with Crippen molar-refractivity contribution in [1.82, 2.24) is 25.9 Å². The number of carboxylic acid groups (broad SMARTS) is 1. The molecule has 3 atom stereocenters. The number of carbonyl (C=O) groups excluding carboxylic acids is 3. The molecule has 12 heteroatoms. The minimum atomic E-state index is -1.31. The minimum absolute atomic E-state index is 0.00538. The van der Waals surface area contributed by atoms with Crippen LogP contribution in [0, 0.1) is 5.92 Å². The van der Waals surface area contributed by atoms with E-state index in [1.54, 1.807) is 0 Å². The summed E-state index contributed by atoms with van der Waals surface area (Å²) in [6.07, 6.45) is 3.05. The van der Waals surface area contributed by atoms with E-state index in [1.807, 2.05) is 13.8 Å². The van der Waals surface area contributed by atoms with Gasteiger partial charge in [-0.2, -0.15) is 0 Å². The Morgan fingerprint density at radius 1 is 1.10 bits per heavy atom. The summed E-state index contributed by atoms with van der Waals surface area (Å²) >= 11 is 0. The number of hydrogen-bond donors (Lipinski definition) is 7. The zero-order chi connectivity index (χ0) is 22.0. The van der Waals surface area contributed by atoms with Crippen LogP contribution in [0.15, 0.2) is 12.5 Å². The zero-order valence-electron chi connectivity index (χ0n) is 16.3. The Morgan fingerprint density at radius 2 is 1.72 bits per heavy atom. The largest absolute Gasteiger partial charge is 0.480 e. The third kappa shape index (κ3) is 8.27. The van der Waals surface area contributed by atoms with Crippen LogP contribution in [0.5, 0.6) is 0 Å². The number of nitrogens with zero attached hydrogens (tertiary/aromatic N) is 1. The quantitative estimate of drug-likeness (QED) is 0.195. The molecule has 0 radical (unpaired) electrons. The number of rotatable bonds is 12. The van der Waals surface area contributed by atoms with Crippen LogP contribution < -0.4 is 21.7 Å². The van der Waals surface area contributed by atoms with E-state index in [4.69, 9.17) is 5.73 Å². The lowest BCUT2D eigenvalue weighted by Crippen LogP contribution is -2.57. The number of aromatic nitrogens is 2. The molecule has 3 unspecified atom stereocenters. The van der Waals surface area contributed by atoms with Crippen LogP contribution in [0.3, 0.4) is 0 Å². The van der Waals surface area contributed by atoms with E-state index in [0.717, 1.165) is 0 Å². The van der Waals surface area contributed by atoms with Crippen molar-refractivity contribution in [2.45, 2.75) is 44.8 Å². The summed E-state index contributed by atoms with van der Waals surface area (Å²) in [5, 5.41) is 25.8. The topological polar surface area (TPSA) is 200 Å². The van der Waals surface area contributed by atoms with Gasteiger partial charge in [0, 0.05) is 18.3 Å². The van der Waals surface area contributed by atoms with Gasteiger partial charge in [-0.15, -0.1) is 0 Å². The molecule has 0 aliphatic heterocycles. The molecule has 162 valence electrons. The van der Waals surface area contributed by atoms with Gasteiger partial charge in [0.2, 0.25) is 17.7 Å². The van der Waals surface area contributed by atoms with Crippen LogP contribution in [0.1, 0.15) is 26.0 Å². The highest BCUT2D eigenvalue weighted by molar-refractivity contribution is 5.93. The van der Waals surface area contributed by atoms with Crippen LogP contribution in [0.4, 0.5) is 0 Å². The van der Waals surface area contributed by atoms with Gasteiger partial charge in [0.1, 0.15) is 18.1 Å². The van der Waals surface area contributed by atoms with Crippen molar-refractivity contribution in [3.63, 3.8) is 0 Å². The van der Waals surface area contributed by atoms with E-state index in [1.165, 1.54) is 12.5 Å². The third-order valence-corrected chi connectivity index (χ3v) is 3.95. The molecule has 0 saturated heterocycles. The van der Waals surface area contributed by atoms with E-state index in [2.05, 4.69) is 25.9 Å². The molecule has 3 amide bonds. The molecule has 0 bridgehead atoms. The van der Waals surface area contributed by atoms with Gasteiger partial charge in [0.25, 0.3) is 0 Å². The molecule has 0 spiro atoms. The van der Waals surface area contributed by atoms with Crippen LogP contribution in [-0.4, -0.2) is 75.1 Å². The van der Waals surface area contributed by atoms with Gasteiger partial charge in [-0.3, -0.25) is 14.4 Å². The average molecular weight is 412 g/mol. The SMILES string of the molecule is CC(C)CC(NC(=O)C(Cc1cnc[nH]1)NC(=O)C(CO)NC(=O)CN)C(=O)O. The fraction of sp³-hybridized carbons (Fsp3) is 0.588. The highest BCUT2D eigenvalue weighted by atomic mass is 16.4. The number of nitrogens with one attached hydrogen (secondary N) is 4. The molecule has 29 heavy (non-hydrogen) atoms. The predicted octanol–water partition coefficient (Wildman–Crippen LogP) is -2.51. The van der Waals surface area contributed by atoms with Crippen molar-refractivity contribution in [3.05, 3.63) is 18.2 Å². The monoisotopic (exact) mass is 412 g/mol. The van der Waals surface area contributed by atoms with Crippen molar-refractivity contribution in [2.24, 2.45) is 11.7 Å². The summed E-state index contributed by atoms with van der Waals surface area (Å²) < 4.78 is 0. The van der Waals surface area contributed by atoms with E-state index in [9.17, 15) is 29.4 Å². The number of aliphatic hydroxyl groups excluding tert-OH is 1. The number of H-pyrrole nitrogens is 1. The first-order chi connectivity index (χ1) is 13.7. The smallest absolute Gasteiger partial charge is 0.326 e. The number of hydrogen-bond acceptors (Lipinski definition) is 7. The van der Waals surface area contributed by atoms with Gasteiger partial charge in [-0.1, -0.05) is 13.8 Å². The summed E-state index contributed by atoms with van der Waals surface area (Å²) in [7, 11) is 0. The Hall–Kier alpha value is -2.99. The van der Waals surface area contributed by atoms with E-state index < -0.39 is 48.4 Å². The molecule has 0 aromatic carbocycles. The predicted molar refractivity (Wildman–Crippen MR) is 101 cm³/mol. The molecule has 1 rings (SSSR count). The summed E-state index contributed by atoms with van der Waals surface area (Å²) in [4.78, 5) is 54.6. The van der Waals surface area contributed by atoms with E-state index in [0.29, 0.717) is 5.69 Å². The maximum absolute atomic E-state index is 12.7. The Bertz CT molecular complexity index is 693. The van der Waals surface area contributed by atoms with Crippen LogP contribution in [0.25, 0.3) is 0 Å². The molecule has 0 fully saturated rings. The van der Waals surface area contributed by atoms with Crippen molar-refractivity contribution >= 4 is 23.7 Å². The molecule has 0 saturated carbocycles. The summed E-state index contributed by atoms with van der Waals surface area (Å²) in [5.74, 6) is -3.37. The fourth-order valence-corrected chi connectivity index (χ4v) is 2.51. The number of imidazole rings is 1. The highest BCUT2D eigenvalue weighted by Crippen LogP contribution is 2.07. The number of amides is 3.